The number of hydrogen-bond donors (Lipinski definition) is 0. The minimum absolute atomic E-state index is 0.0639. The Morgan fingerprint density at radius 1 is 1.13 bits per heavy atom. The van der Waals surface area contributed by atoms with Crippen molar-refractivity contribution in [2.24, 2.45) is 0 Å². The summed E-state index contributed by atoms with van der Waals surface area (Å²) >= 11 is 0. The van der Waals surface area contributed by atoms with Crippen LogP contribution in [0.2, 0.25) is 0 Å². The second-order valence-electron chi connectivity index (χ2n) is 6.70. The van der Waals surface area contributed by atoms with Gasteiger partial charge in [0.2, 0.25) is 0 Å². The molecule has 2 heterocycles. The lowest BCUT2D eigenvalue weighted by atomic mass is 10.2. The predicted octanol–water partition coefficient (Wildman–Crippen LogP) is 2.22. The summed E-state index contributed by atoms with van der Waals surface area (Å²) in [6.07, 6.45) is 4.27. The molecule has 0 saturated heterocycles. The highest BCUT2D eigenvalue weighted by atomic mass is 16.6. The van der Waals surface area contributed by atoms with Crippen LogP contribution in [0.3, 0.4) is 0 Å². The molecule has 0 fully saturated rings. The van der Waals surface area contributed by atoms with Crippen molar-refractivity contribution in [2.75, 3.05) is 13.7 Å². The Morgan fingerprint density at radius 2 is 1.87 bits per heavy atom. The van der Waals surface area contributed by atoms with Crippen LogP contribution in [0.25, 0.3) is 16.9 Å². The predicted molar refractivity (Wildman–Crippen MR) is 111 cm³/mol. The van der Waals surface area contributed by atoms with E-state index in [2.05, 4.69) is 5.10 Å². The van der Waals surface area contributed by atoms with Gasteiger partial charge in [-0.25, -0.2) is 9.48 Å². The van der Waals surface area contributed by atoms with Gasteiger partial charge in [0.1, 0.15) is 5.69 Å². The van der Waals surface area contributed by atoms with Crippen LogP contribution in [0.5, 0.6) is 0 Å². The molecule has 10 nitrogen and oxygen atoms in total. The number of para-hydroxylation sites is 1. The van der Waals surface area contributed by atoms with Gasteiger partial charge in [-0.15, -0.1) is 0 Å². The standard InChI is InChI=1S/C20H23N5O5/c1-3-4-10-23-19(26)18(25(28)29)17(22(20(23)27)11-12-30-2)15-13-21-24(14-15)16-8-6-5-7-9-16/h5-9,13-14H,3-4,10-12H2,1-2H3. The number of aromatic nitrogens is 4. The monoisotopic (exact) mass is 413 g/mol. The van der Waals surface area contributed by atoms with E-state index in [0.29, 0.717) is 12.0 Å². The maximum Gasteiger partial charge on any atom is 0.358 e. The number of hydrogen-bond acceptors (Lipinski definition) is 6. The smallest absolute Gasteiger partial charge is 0.358 e. The third-order valence-electron chi connectivity index (χ3n) is 4.72. The fourth-order valence-electron chi connectivity index (χ4n) is 3.21. The molecule has 0 unspecified atom stereocenters. The Balaban J connectivity index is 2.27. The number of rotatable bonds is 9. The first-order valence-electron chi connectivity index (χ1n) is 9.61. The molecule has 0 amide bonds. The minimum atomic E-state index is -0.908. The van der Waals surface area contributed by atoms with Crippen LogP contribution in [-0.4, -0.2) is 37.6 Å². The summed E-state index contributed by atoms with van der Waals surface area (Å²) in [5.41, 5.74) is -1.17. The molecule has 0 bridgehead atoms. The molecule has 1 aromatic carbocycles. The lowest BCUT2D eigenvalue weighted by Gasteiger charge is -2.14. The maximum atomic E-state index is 13.1. The molecule has 0 aliphatic rings. The van der Waals surface area contributed by atoms with Crippen molar-refractivity contribution in [1.82, 2.24) is 18.9 Å². The second-order valence-corrected chi connectivity index (χ2v) is 6.70. The van der Waals surface area contributed by atoms with E-state index in [0.717, 1.165) is 16.7 Å². The lowest BCUT2D eigenvalue weighted by molar-refractivity contribution is -0.386. The zero-order chi connectivity index (χ0) is 21.7. The van der Waals surface area contributed by atoms with Crippen molar-refractivity contribution < 1.29 is 9.66 Å². The van der Waals surface area contributed by atoms with Gasteiger partial charge in [-0.3, -0.25) is 24.0 Å². The van der Waals surface area contributed by atoms with Gasteiger partial charge in [-0.2, -0.15) is 5.10 Å². The van der Waals surface area contributed by atoms with Gasteiger partial charge in [0.05, 0.1) is 30.0 Å². The minimum Gasteiger partial charge on any atom is -0.383 e. The van der Waals surface area contributed by atoms with Crippen molar-refractivity contribution in [3.8, 4) is 16.9 Å². The second kappa shape index (κ2) is 9.31. The van der Waals surface area contributed by atoms with Gasteiger partial charge in [-0.1, -0.05) is 31.5 Å². The van der Waals surface area contributed by atoms with Crippen LogP contribution >= 0.6 is 0 Å². The topological polar surface area (TPSA) is 114 Å². The number of ether oxygens (including phenoxy) is 1. The third-order valence-corrected chi connectivity index (χ3v) is 4.72. The lowest BCUT2D eigenvalue weighted by Crippen LogP contribution is -2.42. The molecule has 0 atom stereocenters. The molecule has 0 aliphatic heterocycles. The average molecular weight is 413 g/mol. The quantitative estimate of drug-likeness (QED) is 0.392. The zero-order valence-electron chi connectivity index (χ0n) is 16.9. The zero-order valence-corrected chi connectivity index (χ0v) is 16.9. The van der Waals surface area contributed by atoms with Gasteiger partial charge in [-0.05, 0) is 18.6 Å². The molecular formula is C20H23N5O5. The molecule has 0 aliphatic carbocycles. The summed E-state index contributed by atoms with van der Waals surface area (Å²) in [7, 11) is 1.47. The van der Waals surface area contributed by atoms with Crippen LogP contribution in [0.15, 0.2) is 52.3 Å². The van der Waals surface area contributed by atoms with Gasteiger partial charge in [0, 0.05) is 25.4 Å². The molecule has 3 rings (SSSR count). The summed E-state index contributed by atoms with van der Waals surface area (Å²) in [5, 5.41) is 16.1. The number of benzene rings is 1. The summed E-state index contributed by atoms with van der Waals surface area (Å²) in [6, 6.07) is 9.18. The highest BCUT2D eigenvalue weighted by Gasteiger charge is 2.29. The third kappa shape index (κ3) is 4.08. The van der Waals surface area contributed by atoms with E-state index in [-0.39, 0.29) is 25.4 Å². The van der Waals surface area contributed by atoms with Crippen LogP contribution in [0, 0.1) is 10.1 Å². The highest BCUT2D eigenvalue weighted by molar-refractivity contribution is 5.68. The van der Waals surface area contributed by atoms with E-state index >= 15 is 0 Å². The number of unbranched alkanes of at least 4 members (excludes halogenated alkanes) is 1. The van der Waals surface area contributed by atoms with Crippen molar-refractivity contribution in [1.29, 1.82) is 0 Å². The first-order chi connectivity index (χ1) is 14.5. The maximum absolute atomic E-state index is 13.1. The summed E-state index contributed by atoms with van der Waals surface area (Å²) in [4.78, 5) is 37.1. The Morgan fingerprint density at radius 3 is 2.50 bits per heavy atom. The normalized spacial score (nSPS) is 11.0. The molecule has 0 radical (unpaired) electrons. The average Bonchev–Trinajstić information content (AvgIpc) is 3.23. The van der Waals surface area contributed by atoms with Gasteiger partial charge in [0.25, 0.3) is 0 Å². The molecule has 0 saturated carbocycles. The molecule has 2 aromatic heterocycles. The number of nitro groups is 1. The van der Waals surface area contributed by atoms with Gasteiger partial charge < -0.3 is 4.74 Å². The van der Waals surface area contributed by atoms with E-state index < -0.39 is 21.9 Å². The van der Waals surface area contributed by atoms with Crippen LogP contribution in [0.4, 0.5) is 5.69 Å². The Bertz CT molecular complexity index is 1150. The van der Waals surface area contributed by atoms with Gasteiger partial charge in [0.15, 0.2) is 0 Å². The number of methoxy groups -OCH3 is 1. The first kappa shape index (κ1) is 21.2. The van der Waals surface area contributed by atoms with Crippen molar-refractivity contribution in [3.05, 3.63) is 73.7 Å². The molecule has 10 heteroatoms. The van der Waals surface area contributed by atoms with Crippen molar-refractivity contribution in [3.63, 3.8) is 0 Å². The van der Waals surface area contributed by atoms with Crippen LogP contribution < -0.4 is 11.2 Å². The van der Waals surface area contributed by atoms with Crippen LogP contribution in [-0.2, 0) is 17.8 Å². The van der Waals surface area contributed by atoms with E-state index in [1.165, 1.54) is 22.6 Å². The van der Waals surface area contributed by atoms with Crippen molar-refractivity contribution in [2.45, 2.75) is 32.9 Å². The van der Waals surface area contributed by atoms with E-state index in [9.17, 15) is 19.7 Å². The molecule has 3 aromatic rings. The van der Waals surface area contributed by atoms with Crippen LogP contribution in [0.1, 0.15) is 19.8 Å². The van der Waals surface area contributed by atoms with Gasteiger partial charge >= 0.3 is 16.9 Å². The highest BCUT2D eigenvalue weighted by Crippen LogP contribution is 2.26. The SMILES string of the molecule is CCCCn1c(=O)c([N+](=O)[O-])c(-c2cnn(-c3ccccc3)c2)n(CCOC)c1=O. The molecular weight excluding hydrogens is 390 g/mol. The Labute approximate surface area is 172 Å². The van der Waals surface area contributed by atoms with E-state index in [1.807, 2.05) is 37.3 Å². The first-order valence-corrected chi connectivity index (χ1v) is 9.61. The van der Waals surface area contributed by atoms with Crippen molar-refractivity contribution >= 4 is 5.69 Å². The molecule has 30 heavy (non-hydrogen) atoms. The number of nitrogens with zero attached hydrogens (tertiary/aromatic N) is 5. The van der Waals surface area contributed by atoms with E-state index in [1.54, 1.807) is 6.20 Å². The fourth-order valence-corrected chi connectivity index (χ4v) is 3.21. The summed E-state index contributed by atoms with van der Waals surface area (Å²) in [5.74, 6) is 0. The molecule has 158 valence electrons. The summed E-state index contributed by atoms with van der Waals surface area (Å²) < 4.78 is 8.77. The Hall–Kier alpha value is -3.53. The molecule has 0 N–H and O–H groups in total. The largest absolute Gasteiger partial charge is 0.383 e. The fraction of sp³-hybridized carbons (Fsp3) is 0.350. The summed E-state index contributed by atoms with van der Waals surface area (Å²) in [6.45, 7) is 2.25. The molecule has 0 spiro atoms. The Kier molecular flexibility index (Phi) is 6.58. The van der Waals surface area contributed by atoms with E-state index in [4.69, 9.17) is 4.74 Å².